The quantitative estimate of drug-likeness (QED) is 0.0403. The summed E-state index contributed by atoms with van der Waals surface area (Å²) in [5.74, 6) is 25.0. The fourth-order valence-corrected chi connectivity index (χ4v) is 35.5. The third-order valence-electron chi connectivity index (χ3n) is 31.8. The van der Waals surface area contributed by atoms with Crippen molar-refractivity contribution in [1.82, 2.24) is 0 Å². The molecule has 8 aromatic carbocycles. The van der Waals surface area contributed by atoms with Gasteiger partial charge < -0.3 is 28.4 Å². The normalized spacial score (nSPS) is 26.0. The Morgan fingerprint density at radius 3 is 1.36 bits per heavy atom. The molecule has 0 spiro atoms. The molecule has 4 aliphatic heterocycles. The Balaban J connectivity index is 0.000000124. The fraction of sp³-hybridized carbons (Fsp3) is 0.640. The average molecular weight is 1770 g/mol. The topological polar surface area (TPSA) is 72.5 Å². The standard InChI is InChI=1S/C34H51O2S.C32H45O2S.C25H35OS.C23H29O2S/c1-33(2,3)24-13-17-26(18-14-24)35-30-23-31(36-27-19-15-25(16-20-27)34(4,5)6)32(37-21-9-10-22-37)29-12-8-7-11-28(29)30;1-3-10-24(11-4-1)20-33-29-18-19-31(35-22-26-14-7-8-15-27(26)23-35)32-28(29)16-9-17-30(32)34-21-25-12-5-2-6-13-25;1-18-15-24(26-14-13-21-9-5-4-6-10-21)22-11-7-8-12-23(22)25(18)27-16-19(2)20(3)17-27;1-17(24)18-10-12-21-19(16-18)11-13-22(23(21)26-14-6-7-15-26)25-20-8-4-2-3-5-9-20/h7-8,11-12,23-27H,9-10,13-22H2,1-6H3;9,16-19,24-27H,1-8,10-15,20-23H2;7-8,11-12,15,19-21H,4-6,9-10,13-14,16-17H2,1-3H3;10-13,16,20H,2-9,14-15H2,1H3/q4*+1. The second-order valence-corrected chi connectivity index (χ2v) is 51.6. The molecule has 0 aromatic heterocycles. The van der Waals surface area contributed by atoms with Crippen molar-refractivity contribution in [3.63, 3.8) is 0 Å². The Morgan fingerprint density at radius 2 is 0.808 bits per heavy atom. The van der Waals surface area contributed by atoms with Crippen molar-refractivity contribution in [2.45, 2.75) is 351 Å². The van der Waals surface area contributed by atoms with E-state index in [1.54, 1.807) is 16.7 Å². The maximum absolute atomic E-state index is 11.8. The van der Waals surface area contributed by atoms with E-state index in [9.17, 15) is 4.79 Å². The SMILES string of the molecule is CC(=O)c1ccc2c([S+]3CCCC3)c(OC3CCCCCC3)ccc2c1.CC(C)(C)C1CCC(Oc2cc(OC3CCC(C(C)(C)C)CC3)c3ccccc3c2[S+]2CCCC2)CC1.Cc1cc(OCCC2CCCCC2)c2ccccc2c1[S+]1CC(C)C(C)C1.c1cc(OCC2CCCCC2)c2c([S+]3CC4CCCCC4C3)ccc(OCC3CCCCC3)c2c1. The van der Waals surface area contributed by atoms with Gasteiger partial charge in [-0.2, -0.15) is 0 Å². The number of benzene rings is 8. The number of Topliss-reactive ketones (excluding diaryl/α,β-unsaturated/α-hetero) is 1. The molecule has 0 bridgehead atoms. The van der Waals surface area contributed by atoms with Crippen LogP contribution >= 0.6 is 0 Å². The number of hydrogen-bond donors (Lipinski definition) is 0. The molecule has 11 fully saturated rings. The van der Waals surface area contributed by atoms with E-state index in [1.165, 1.54) is 336 Å². The molecular weight excluding hydrogens is 1610 g/mol. The molecule has 125 heavy (non-hydrogen) atoms. The van der Waals surface area contributed by atoms with E-state index < -0.39 is 0 Å². The lowest BCUT2D eigenvalue weighted by Crippen LogP contribution is -2.31. The predicted octanol–water partition coefficient (Wildman–Crippen LogP) is 30.8. The Labute approximate surface area is 767 Å². The third kappa shape index (κ3) is 24.0. The van der Waals surface area contributed by atoms with Gasteiger partial charge in [0.25, 0.3) is 0 Å². The van der Waals surface area contributed by atoms with Crippen LogP contribution < -0.4 is 28.4 Å². The van der Waals surface area contributed by atoms with Crippen molar-refractivity contribution in [2.75, 3.05) is 65.8 Å². The monoisotopic (exact) mass is 1770 g/mol. The van der Waals surface area contributed by atoms with E-state index in [2.05, 4.69) is 178 Å². The molecular formula is C114H160O7S4+4. The van der Waals surface area contributed by atoms with Crippen LogP contribution in [0.2, 0.25) is 0 Å². The summed E-state index contributed by atoms with van der Waals surface area (Å²) < 4.78 is 40.1. The smallest absolute Gasteiger partial charge is 0.204 e. The van der Waals surface area contributed by atoms with Gasteiger partial charge in [0.1, 0.15) is 69.0 Å². The first-order chi connectivity index (χ1) is 60.8. The van der Waals surface area contributed by atoms with Gasteiger partial charge in [0.05, 0.1) is 43.5 Å². The summed E-state index contributed by atoms with van der Waals surface area (Å²) >= 11 is 0. The van der Waals surface area contributed by atoms with E-state index in [4.69, 9.17) is 28.4 Å². The van der Waals surface area contributed by atoms with Crippen molar-refractivity contribution in [3.05, 3.63) is 132 Å². The number of hydrogen-bond acceptors (Lipinski definition) is 7. The second-order valence-electron chi connectivity index (χ2n) is 43.0. The molecule has 0 N–H and O–H groups in total. The third-order valence-corrected chi connectivity index (χ3v) is 42.5. The lowest BCUT2D eigenvalue weighted by molar-refractivity contribution is 0.0830. The Morgan fingerprint density at radius 1 is 0.352 bits per heavy atom. The van der Waals surface area contributed by atoms with E-state index in [0.29, 0.717) is 50.9 Å². The minimum absolute atomic E-state index is 0.135. The minimum Gasteiger partial charge on any atom is -0.493 e. The highest BCUT2D eigenvalue weighted by molar-refractivity contribution is 7.98. The summed E-state index contributed by atoms with van der Waals surface area (Å²) in [5, 5.41) is 10.6. The van der Waals surface area contributed by atoms with Gasteiger partial charge in [0.15, 0.2) is 27.1 Å². The molecule has 11 aliphatic rings. The molecule has 0 radical (unpaired) electrons. The van der Waals surface area contributed by atoms with Crippen LogP contribution in [-0.4, -0.2) is 89.9 Å². The van der Waals surface area contributed by atoms with Gasteiger partial charge in [-0.3, -0.25) is 4.79 Å². The van der Waals surface area contributed by atoms with E-state index >= 15 is 0 Å². The van der Waals surface area contributed by atoms with Gasteiger partial charge in [-0.1, -0.05) is 212 Å². The molecule has 0 amide bonds. The summed E-state index contributed by atoms with van der Waals surface area (Å²) in [4.78, 5) is 17.9. The minimum atomic E-state index is 0.135. The summed E-state index contributed by atoms with van der Waals surface area (Å²) in [7, 11) is 1.31. The first kappa shape index (κ1) is 92.9. The molecule has 7 nitrogen and oxygen atoms in total. The molecule has 4 heterocycles. The van der Waals surface area contributed by atoms with Crippen LogP contribution in [0.1, 0.15) is 322 Å². The Kier molecular flexibility index (Phi) is 32.9. The number of ether oxygens (including phenoxy) is 6. The Hall–Kier alpha value is -5.33. The number of rotatable bonds is 21. The van der Waals surface area contributed by atoms with Crippen molar-refractivity contribution < 1.29 is 33.2 Å². The summed E-state index contributed by atoms with van der Waals surface area (Å²) in [6, 6.07) is 44.6. The second kappa shape index (κ2) is 44.3. The van der Waals surface area contributed by atoms with Crippen LogP contribution in [0.4, 0.5) is 0 Å². The zero-order chi connectivity index (χ0) is 86.4. The summed E-state index contributed by atoms with van der Waals surface area (Å²) in [6.07, 6.45) is 51.6. The van der Waals surface area contributed by atoms with Crippen LogP contribution in [-0.2, 0) is 43.6 Å². The molecule has 7 saturated carbocycles. The largest absolute Gasteiger partial charge is 0.493 e. The van der Waals surface area contributed by atoms with Crippen LogP contribution in [0.5, 0.6) is 34.5 Å². The van der Waals surface area contributed by atoms with E-state index in [-0.39, 0.29) is 27.6 Å². The first-order valence-electron chi connectivity index (χ1n) is 51.1. The molecule has 7 aliphatic carbocycles. The molecule has 8 aromatic rings. The average Bonchev–Trinajstić information content (AvgIpc) is 1.72. The molecule has 11 heteroatoms. The van der Waals surface area contributed by atoms with Crippen molar-refractivity contribution >= 4 is 92.5 Å². The number of carbonyl (C=O) groups excluding carboxylic acids is 1. The van der Waals surface area contributed by atoms with Gasteiger partial charge in [-0.05, 0) is 262 Å². The predicted molar refractivity (Wildman–Crippen MR) is 539 cm³/mol. The van der Waals surface area contributed by atoms with E-state index in [0.717, 1.165) is 126 Å². The first-order valence-corrected chi connectivity index (χ1v) is 57.3. The van der Waals surface area contributed by atoms with Crippen molar-refractivity contribution in [3.8, 4) is 34.5 Å². The molecule has 4 atom stereocenters. The fourth-order valence-electron chi connectivity index (χ4n) is 23.7. The van der Waals surface area contributed by atoms with Gasteiger partial charge in [-0.25, -0.2) is 0 Å². The summed E-state index contributed by atoms with van der Waals surface area (Å²) in [5.41, 5.74) is 3.04. The highest BCUT2D eigenvalue weighted by Gasteiger charge is 2.46. The molecule has 19 rings (SSSR count). The Bertz CT molecular complexity index is 4750. The molecule has 4 unspecified atom stereocenters. The molecule has 4 saturated heterocycles. The maximum Gasteiger partial charge on any atom is 0.204 e. The van der Waals surface area contributed by atoms with Crippen LogP contribution in [0, 0.1) is 71.0 Å². The van der Waals surface area contributed by atoms with Crippen molar-refractivity contribution in [2.24, 2.45) is 64.1 Å². The van der Waals surface area contributed by atoms with Gasteiger partial charge in [-0.15, -0.1) is 0 Å². The number of carbonyl (C=O) groups is 1. The molecule has 678 valence electrons. The van der Waals surface area contributed by atoms with E-state index in [1.807, 2.05) is 6.07 Å². The number of fused-ring (bicyclic) bond motifs is 5. The summed E-state index contributed by atoms with van der Waals surface area (Å²) in [6.45, 7) is 25.8. The highest BCUT2D eigenvalue weighted by Crippen LogP contribution is 2.51. The lowest BCUT2D eigenvalue weighted by Gasteiger charge is -2.37. The highest BCUT2D eigenvalue weighted by atomic mass is 32.2. The van der Waals surface area contributed by atoms with Gasteiger partial charge in [0, 0.05) is 117 Å². The number of aryl methyl sites for hydroxylation is 1. The zero-order valence-corrected chi connectivity index (χ0v) is 82.4. The number of ketones is 1. The van der Waals surface area contributed by atoms with Crippen LogP contribution in [0.15, 0.2) is 141 Å². The maximum atomic E-state index is 11.8. The van der Waals surface area contributed by atoms with Gasteiger partial charge in [0.2, 0.25) is 9.79 Å². The van der Waals surface area contributed by atoms with Crippen LogP contribution in [0.3, 0.4) is 0 Å². The van der Waals surface area contributed by atoms with Crippen molar-refractivity contribution in [1.29, 1.82) is 0 Å². The lowest BCUT2D eigenvalue weighted by atomic mass is 9.72. The van der Waals surface area contributed by atoms with Crippen LogP contribution in [0.25, 0.3) is 43.1 Å². The van der Waals surface area contributed by atoms with Gasteiger partial charge >= 0.3 is 0 Å². The zero-order valence-electron chi connectivity index (χ0n) is 79.1.